The van der Waals surface area contributed by atoms with E-state index in [-0.39, 0.29) is 46.9 Å². The van der Waals surface area contributed by atoms with E-state index in [1.54, 1.807) is 43.5 Å². The van der Waals surface area contributed by atoms with E-state index in [2.05, 4.69) is 20.3 Å². The lowest BCUT2D eigenvalue weighted by Gasteiger charge is -2.16. The zero-order valence-corrected chi connectivity index (χ0v) is 26.8. The van der Waals surface area contributed by atoms with E-state index in [1.807, 2.05) is 6.92 Å². The van der Waals surface area contributed by atoms with E-state index in [9.17, 15) is 9.59 Å². The average molecular weight is 660 g/mol. The van der Waals surface area contributed by atoms with Gasteiger partial charge < -0.3 is 33.7 Å². The van der Waals surface area contributed by atoms with Gasteiger partial charge in [-0.05, 0) is 56.3 Å². The van der Waals surface area contributed by atoms with Gasteiger partial charge in [-0.15, -0.1) is 0 Å². The second kappa shape index (κ2) is 15.8. The van der Waals surface area contributed by atoms with Gasteiger partial charge in [0.25, 0.3) is 17.3 Å². The Morgan fingerprint density at radius 3 is 2.50 bits per heavy atom. The van der Waals surface area contributed by atoms with Crippen molar-refractivity contribution in [3.8, 4) is 34.7 Å². The summed E-state index contributed by atoms with van der Waals surface area (Å²) < 4.78 is 49.8. The molecule has 14 heteroatoms. The van der Waals surface area contributed by atoms with E-state index in [0.29, 0.717) is 48.8 Å². The molecule has 0 aliphatic carbocycles. The molecule has 1 aromatic carbocycles. The molecular formula is C34H34FN5O8. The fourth-order valence-corrected chi connectivity index (χ4v) is 4.72. The highest BCUT2D eigenvalue weighted by Crippen LogP contribution is 2.43. The number of halogens is 1. The second-order valence-electron chi connectivity index (χ2n) is 10.1. The normalized spacial score (nSPS) is 10.9. The van der Waals surface area contributed by atoms with Gasteiger partial charge in [0, 0.05) is 42.5 Å². The van der Waals surface area contributed by atoms with Crippen LogP contribution in [0.3, 0.4) is 0 Å². The Morgan fingerprint density at radius 1 is 0.917 bits per heavy atom. The highest BCUT2D eigenvalue weighted by Gasteiger charge is 2.22. The molecule has 48 heavy (non-hydrogen) atoms. The molecule has 4 aromatic heterocycles. The molecule has 0 radical (unpaired) electrons. The first-order valence-corrected chi connectivity index (χ1v) is 15.0. The first-order valence-electron chi connectivity index (χ1n) is 15.0. The first-order chi connectivity index (χ1) is 23.3. The summed E-state index contributed by atoms with van der Waals surface area (Å²) in [6, 6.07) is 13.5. The van der Waals surface area contributed by atoms with Gasteiger partial charge in [-0.1, -0.05) is 0 Å². The van der Waals surface area contributed by atoms with Crippen molar-refractivity contribution in [3.05, 3.63) is 94.4 Å². The highest BCUT2D eigenvalue weighted by molar-refractivity contribution is 6.04. The maximum atomic E-state index is 15.4. The topological polar surface area (TPSA) is 145 Å². The molecule has 4 heterocycles. The van der Waals surface area contributed by atoms with Crippen molar-refractivity contribution in [2.45, 2.75) is 13.8 Å². The summed E-state index contributed by atoms with van der Waals surface area (Å²) in [6.45, 7) is 5.79. The molecule has 1 amide bonds. The maximum absolute atomic E-state index is 15.4. The summed E-state index contributed by atoms with van der Waals surface area (Å²) >= 11 is 0. The zero-order chi connectivity index (χ0) is 34.0. The lowest BCUT2D eigenvalue weighted by atomic mass is 10.2. The summed E-state index contributed by atoms with van der Waals surface area (Å²) in [7, 11) is 2.82. The van der Waals surface area contributed by atoms with Gasteiger partial charge >= 0.3 is 0 Å². The van der Waals surface area contributed by atoms with Crippen LogP contribution in [0.4, 0.5) is 10.1 Å². The van der Waals surface area contributed by atoms with Crippen molar-refractivity contribution in [2.75, 3.05) is 52.6 Å². The van der Waals surface area contributed by atoms with E-state index in [0.717, 1.165) is 6.07 Å². The summed E-state index contributed by atoms with van der Waals surface area (Å²) in [5.74, 6) is -1.04. The average Bonchev–Trinajstić information content (AvgIpc) is 3.09. The van der Waals surface area contributed by atoms with Crippen molar-refractivity contribution >= 4 is 22.6 Å². The number of amides is 1. The lowest BCUT2D eigenvalue weighted by molar-refractivity contribution is 0.0399. The number of fused-ring (bicyclic) bond motifs is 1. The van der Waals surface area contributed by atoms with Gasteiger partial charge in [0.15, 0.2) is 11.6 Å². The number of anilines is 1. The van der Waals surface area contributed by atoms with Crippen molar-refractivity contribution in [1.29, 1.82) is 0 Å². The number of ether oxygens (including phenoxy) is 6. The second-order valence-corrected chi connectivity index (χ2v) is 10.1. The third-order valence-corrected chi connectivity index (χ3v) is 6.98. The molecule has 0 unspecified atom stereocenters. The summed E-state index contributed by atoms with van der Waals surface area (Å²) in [5, 5.41) is 2.59. The number of benzene rings is 1. The summed E-state index contributed by atoms with van der Waals surface area (Å²) in [6.07, 6.45) is 3.05. The van der Waals surface area contributed by atoms with Crippen molar-refractivity contribution in [3.63, 3.8) is 0 Å². The van der Waals surface area contributed by atoms with Crippen LogP contribution in [0.15, 0.2) is 71.8 Å². The maximum Gasteiger partial charge on any atom is 0.268 e. The Bertz CT molecular complexity index is 1970. The quantitative estimate of drug-likeness (QED) is 0.150. The predicted molar refractivity (Wildman–Crippen MR) is 174 cm³/mol. The van der Waals surface area contributed by atoms with E-state index < -0.39 is 17.3 Å². The number of methoxy groups -OCH3 is 2. The fourth-order valence-electron chi connectivity index (χ4n) is 4.72. The number of nitrogens with zero attached hydrogens (tertiary/aromatic N) is 4. The van der Waals surface area contributed by atoms with Gasteiger partial charge in [-0.25, -0.2) is 14.4 Å². The van der Waals surface area contributed by atoms with Crippen molar-refractivity contribution < 1.29 is 37.6 Å². The Labute approximate surface area is 275 Å². The van der Waals surface area contributed by atoms with E-state index in [4.69, 9.17) is 28.4 Å². The Balaban J connectivity index is 1.32. The molecule has 0 aliphatic heterocycles. The van der Waals surface area contributed by atoms with Crippen molar-refractivity contribution in [1.82, 2.24) is 19.5 Å². The Morgan fingerprint density at radius 2 is 1.73 bits per heavy atom. The number of carbonyl (C=O) groups excluding carboxylic acids is 1. The van der Waals surface area contributed by atoms with Gasteiger partial charge in [-0.2, -0.15) is 0 Å². The predicted octanol–water partition coefficient (Wildman–Crippen LogP) is 5.12. The van der Waals surface area contributed by atoms with Crippen LogP contribution in [-0.4, -0.2) is 72.7 Å². The third-order valence-electron chi connectivity index (χ3n) is 6.98. The molecule has 0 bridgehead atoms. The molecular weight excluding hydrogens is 625 g/mol. The van der Waals surface area contributed by atoms with Crippen LogP contribution >= 0.6 is 0 Å². The molecule has 0 aliphatic rings. The molecule has 0 saturated carbocycles. The Kier molecular flexibility index (Phi) is 11.1. The van der Waals surface area contributed by atoms with Crippen LogP contribution in [0.5, 0.6) is 29.0 Å². The highest BCUT2D eigenvalue weighted by atomic mass is 19.1. The van der Waals surface area contributed by atoms with Crippen LogP contribution in [0.1, 0.15) is 23.0 Å². The molecule has 250 valence electrons. The summed E-state index contributed by atoms with van der Waals surface area (Å²) in [5.41, 5.74) is 1.17. The van der Waals surface area contributed by atoms with Crippen LogP contribution < -0.4 is 29.8 Å². The standard InChI is InChI=1S/C34H34FN5O8/c1-5-45-15-16-46-17-18-47-28-20-23(12-14-36-28)40-21(2)8-10-24(34(40)42)32(41)38-22-9-11-27(25(35)19-22)48-30-29-26(7-6-13-37-29)39-33(44-4)31(30)43-3/h6-14,19-20H,5,15-18H2,1-4H3,(H,38,41). The van der Waals surface area contributed by atoms with Crippen LogP contribution in [0, 0.1) is 12.7 Å². The molecule has 0 saturated heterocycles. The van der Waals surface area contributed by atoms with E-state index >= 15 is 4.39 Å². The van der Waals surface area contributed by atoms with Gasteiger partial charge in [0.2, 0.25) is 17.4 Å². The number of aromatic nitrogens is 4. The number of pyridine rings is 4. The van der Waals surface area contributed by atoms with Gasteiger partial charge in [-0.3, -0.25) is 19.1 Å². The molecule has 5 aromatic rings. The molecule has 13 nitrogen and oxygen atoms in total. The third kappa shape index (κ3) is 7.67. The largest absolute Gasteiger partial charge is 0.489 e. The fraction of sp³-hybridized carbons (Fsp3) is 0.265. The minimum absolute atomic E-state index is 0.0988. The first kappa shape index (κ1) is 33.8. The smallest absolute Gasteiger partial charge is 0.268 e. The zero-order valence-electron chi connectivity index (χ0n) is 26.8. The minimum Gasteiger partial charge on any atom is -0.489 e. The lowest BCUT2D eigenvalue weighted by Crippen LogP contribution is -2.29. The van der Waals surface area contributed by atoms with E-state index in [1.165, 1.54) is 43.2 Å². The molecule has 0 spiro atoms. The molecule has 1 N–H and O–H groups in total. The minimum atomic E-state index is -0.792. The molecule has 0 atom stereocenters. The number of nitrogens with one attached hydrogen (secondary N) is 1. The molecule has 5 rings (SSSR count). The number of hydrogen-bond acceptors (Lipinski definition) is 11. The number of rotatable bonds is 15. The Hall–Kier alpha value is -5.60. The molecule has 0 fully saturated rings. The number of carbonyl (C=O) groups is 1. The number of aryl methyl sites for hydroxylation is 1. The van der Waals surface area contributed by atoms with Gasteiger partial charge in [0.05, 0.1) is 45.2 Å². The SMILES string of the molecule is CCOCCOCCOc1cc(-n2c(C)ccc(C(=O)Nc3ccc(Oc4c(OC)c(OC)nc5cccnc45)c(F)c3)c2=O)ccn1. The summed E-state index contributed by atoms with van der Waals surface area (Å²) in [4.78, 5) is 39.7. The van der Waals surface area contributed by atoms with Crippen LogP contribution in [-0.2, 0) is 9.47 Å². The van der Waals surface area contributed by atoms with Crippen molar-refractivity contribution in [2.24, 2.45) is 0 Å². The van der Waals surface area contributed by atoms with Crippen LogP contribution in [0.2, 0.25) is 0 Å². The monoisotopic (exact) mass is 659 g/mol. The van der Waals surface area contributed by atoms with Gasteiger partial charge in [0.1, 0.15) is 17.7 Å². The van der Waals surface area contributed by atoms with Crippen LogP contribution in [0.25, 0.3) is 16.7 Å². The number of hydrogen-bond donors (Lipinski definition) is 1.